The van der Waals surface area contributed by atoms with Crippen molar-refractivity contribution in [3.05, 3.63) is 11.9 Å². The van der Waals surface area contributed by atoms with E-state index < -0.39 is 0 Å². The predicted molar refractivity (Wildman–Crippen MR) is 63.2 cm³/mol. The van der Waals surface area contributed by atoms with Crippen LogP contribution < -0.4 is 5.32 Å². The van der Waals surface area contributed by atoms with E-state index in [1.54, 1.807) is 0 Å². The minimum Gasteiger partial charge on any atom is -0.356 e. The highest BCUT2D eigenvalue weighted by Crippen LogP contribution is 2.37. The zero-order valence-electron chi connectivity index (χ0n) is 9.95. The van der Waals surface area contributed by atoms with Gasteiger partial charge in [0.2, 0.25) is 5.95 Å². The topological polar surface area (TPSA) is 29.9 Å². The van der Waals surface area contributed by atoms with Crippen molar-refractivity contribution >= 4 is 5.95 Å². The molecule has 0 bridgehead atoms. The summed E-state index contributed by atoms with van der Waals surface area (Å²) in [5.74, 6) is 1.82. The van der Waals surface area contributed by atoms with Gasteiger partial charge in [0.15, 0.2) is 0 Å². The molecule has 0 amide bonds. The summed E-state index contributed by atoms with van der Waals surface area (Å²) in [5, 5.41) is 3.44. The molecule has 1 aliphatic carbocycles. The van der Waals surface area contributed by atoms with Crippen LogP contribution in [0.25, 0.3) is 0 Å². The molecular formula is C12H21N3. The molecule has 0 saturated heterocycles. The van der Waals surface area contributed by atoms with Crippen molar-refractivity contribution in [1.82, 2.24) is 9.55 Å². The fraction of sp³-hybridized carbons (Fsp3) is 0.750. The van der Waals surface area contributed by atoms with E-state index in [0.29, 0.717) is 6.04 Å². The Kier molecular flexibility index (Phi) is 2.98. The lowest BCUT2D eigenvalue weighted by atomic mass is 10.1. The van der Waals surface area contributed by atoms with Crippen molar-refractivity contribution in [3.63, 3.8) is 0 Å². The molecule has 1 heterocycles. The first-order valence-corrected chi connectivity index (χ1v) is 5.96. The van der Waals surface area contributed by atoms with Crippen LogP contribution in [0.2, 0.25) is 0 Å². The molecule has 0 spiro atoms. The van der Waals surface area contributed by atoms with Crippen molar-refractivity contribution in [3.8, 4) is 0 Å². The van der Waals surface area contributed by atoms with E-state index in [2.05, 4.69) is 41.8 Å². The summed E-state index contributed by atoms with van der Waals surface area (Å²) in [6.45, 7) is 7.59. The van der Waals surface area contributed by atoms with Gasteiger partial charge in [-0.15, -0.1) is 0 Å². The molecule has 84 valence electrons. The lowest BCUT2D eigenvalue weighted by Crippen LogP contribution is -2.09. The molecule has 0 aromatic carbocycles. The van der Waals surface area contributed by atoms with Gasteiger partial charge >= 0.3 is 0 Å². The van der Waals surface area contributed by atoms with Crippen molar-refractivity contribution in [2.75, 3.05) is 11.9 Å². The van der Waals surface area contributed by atoms with Gasteiger partial charge in [0.1, 0.15) is 0 Å². The Bertz CT molecular complexity index is 324. The summed E-state index contributed by atoms with van der Waals surface area (Å²) in [6.07, 6.45) is 6.00. The molecule has 1 saturated carbocycles. The zero-order valence-corrected chi connectivity index (χ0v) is 9.95. The Hall–Kier alpha value is -0.990. The lowest BCUT2D eigenvalue weighted by Gasteiger charge is -2.09. The van der Waals surface area contributed by atoms with Crippen molar-refractivity contribution in [1.29, 1.82) is 0 Å². The minimum absolute atomic E-state index is 0.716. The van der Waals surface area contributed by atoms with E-state index in [0.717, 1.165) is 24.1 Å². The number of imidazole rings is 1. The van der Waals surface area contributed by atoms with Crippen LogP contribution in [-0.2, 0) is 0 Å². The van der Waals surface area contributed by atoms with E-state index in [1.165, 1.54) is 19.3 Å². The Labute approximate surface area is 91.9 Å². The number of aromatic nitrogens is 2. The van der Waals surface area contributed by atoms with Gasteiger partial charge in [-0.3, -0.25) is 0 Å². The standard InChI is InChI=1S/C12H21N3/c1-9(2)6-7-13-12-14-10(3)8-15(12)11-4-5-11/h8-9,11H,4-7H2,1-3H3,(H,13,14). The van der Waals surface area contributed by atoms with Gasteiger partial charge in [-0.05, 0) is 32.1 Å². The van der Waals surface area contributed by atoms with Crippen molar-refractivity contribution in [2.45, 2.75) is 46.1 Å². The second kappa shape index (κ2) is 4.25. The number of rotatable bonds is 5. The van der Waals surface area contributed by atoms with Crippen molar-refractivity contribution < 1.29 is 0 Å². The van der Waals surface area contributed by atoms with Crippen LogP contribution in [0.4, 0.5) is 5.95 Å². The molecule has 0 unspecified atom stereocenters. The molecule has 3 nitrogen and oxygen atoms in total. The zero-order chi connectivity index (χ0) is 10.8. The van der Waals surface area contributed by atoms with Gasteiger partial charge in [-0.25, -0.2) is 4.98 Å². The second-order valence-electron chi connectivity index (χ2n) is 4.95. The number of nitrogens with one attached hydrogen (secondary N) is 1. The predicted octanol–water partition coefficient (Wildman–Crippen LogP) is 2.98. The maximum Gasteiger partial charge on any atom is 0.203 e. The van der Waals surface area contributed by atoms with Crippen LogP contribution in [0.5, 0.6) is 0 Å². The molecule has 3 heteroatoms. The van der Waals surface area contributed by atoms with E-state index in [4.69, 9.17) is 0 Å². The summed E-state index contributed by atoms with van der Waals surface area (Å²) in [6, 6.07) is 0.716. The average molecular weight is 207 g/mol. The maximum absolute atomic E-state index is 4.52. The summed E-state index contributed by atoms with van der Waals surface area (Å²) in [7, 11) is 0. The van der Waals surface area contributed by atoms with Gasteiger partial charge in [0, 0.05) is 18.8 Å². The molecular weight excluding hydrogens is 186 g/mol. The Morgan fingerprint density at radius 1 is 1.53 bits per heavy atom. The van der Waals surface area contributed by atoms with Crippen LogP contribution >= 0.6 is 0 Å². The Morgan fingerprint density at radius 2 is 2.27 bits per heavy atom. The molecule has 2 rings (SSSR count). The summed E-state index contributed by atoms with van der Waals surface area (Å²) in [5.41, 5.74) is 1.12. The number of hydrogen-bond acceptors (Lipinski definition) is 2. The third kappa shape index (κ3) is 2.74. The highest BCUT2D eigenvalue weighted by Gasteiger charge is 2.25. The molecule has 1 aromatic rings. The van der Waals surface area contributed by atoms with Crippen LogP contribution in [0, 0.1) is 12.8 Å². The normalized spacial score (nSPS) is 16.0. The highest BCUT2D eigenvalue weighted by molar-refractivity contribution is 5.30. The first kappa shape index (κ1) is 10.5. The smallest absolute Gasteiger partial charge is 0.203 e. The number of aryl methyl sites for hydroxylation is 1. The summed E-state index contributed by atoms with van der Waals surface area (Å²) < 4.78 is 2.30. The third-order valence-electron chi connectivity index (χ3n) is 2.80. The largest absolute Gasteiger partial charge is 0.356 e. The van der Waals surface area contributed by atoms with Crippen LogP contribution in [0.15, 0.2) is 6.20 Å². The molecule has 0 aliphatic heterocycles. The molecule has 0 radical (unpaired) electrons. The molecule has 15 heavy (non-hydrogen) atoms. The summed E-state index contributed by atoms with van der Waals surface area (Å²) in [4.78, 5) is 4.52. The van der Waals surface area contributed by atoms with Gasteiger partial charge in [0.25, 0.3) is 0 Å². The quantitative estimate of drug-likeness (QED) is 0.804. The maximum atomic E-state index is 4.52. The molecule has 0 atom stereocenters. The minimum atomic E-state index is 0.716. The first-order chi connectivity index (χ1) is 7.16. The summed E-state index contributed by atoms with van der Waals surface area (Å²) >= 11 is 0. The average Bonchev–Trinajstić information content (AvgIpc) is 2.91. The number of nitrogens with zero attached hydrogens (tertiary/aromatic N) is 2. The van der Waals surface area contributed by atoms with Crippen LogP contribution in [-0.4, -0.2) is 16.1 Å². The fourth-order valence-electron chi connectivity index (χ4n) is 1.75. The van der Waals surface area contributed by atoms with Gasteiger partial charge in [-0.2, -0.15) is 0 Å². The molecule has 1 fully saturated rings. The highest BCUT2D eigenvalue weighted by atomic mass is 15.2. The van der Waals surface area contributed by atoms with E-state index in [9.17, 15) is 0 Å². The number of anilines is 1. The first-order valence-electron chi connectivity index (χ1n) is 5.96. The van der Waals surface area contributed by atoms with Crippen LogP contribution in [0.3, 0.4) is 0 Å². The fourth-order valence-corrected chi connectivity index (χ4v) is 1.75. The second-order valence-corrected chi connectivity index (χ2v) is 4.95. The molecule has 1 aromatic heterocycles. The van der Waals surface area contributed by atoms with Crippen molar-refractivity contribution in [2.24, 2.45) is 5.92 Å². The number of hydrogen-bond donors (Lipinski definition) is 1. The Balaban J connectivity index is 1.94. The SMILES string of the molecule is Cc1cn(C2CC2)c(NCCC(C)C)n1. The van der Waals surface area contributed by atoms with E-state index >= 15 is 0 Å². The van der Waals surface area contributed by atoms with Gasteiger partial charge in [-0.1, -0.05) is 13.8 Å². The monoisotopic (exact) mass is 207 g/mol. The van der Waals surface area contributed by atoms with Gasteiger partial charge < -0.3 is 9.88 Å². The van der Waals surface area contributed by atoms with Crippen LogP contribution in [0.1, 0.15) is 44.8 Å². The molecule has 1 aliphatic rings. The Morgan fingerprint density at radius 3 is 2.87 bits per heavy atom. The lowest BCUT2D eigenvalue weighted by molar-refractivity contribution is 0.603. The van der Waals surface area contributed by atoms with Gasteiger partial charge in [0.05, 0.1) is 5.69 Å². The van der Waals surface area contributed by atoms with E-state index in [-0.39, 0.29) is 0 Å². The third-order valence-corrected chi connectivity index (χ3v) is 2.80. The van der Waals surface area contributed by atoms with E-state index in [1.807, 2.05) is 0 Å². The molecule has 1 N–H and O–H groups in total.